The van der Waals surface area contributed by atoms with E-state index in [2.05, 4.69) is 16.2 Å². The van der Waals surface area contributed by atoms with Crippen molar-refractivity contribution in [3.63, 3.8) is 0 Å². The minimum Gasteiger partial charge on any atom is -0.490 e. The van der Waals surface area contributed by atoms with Gasteiger partial charge in [-0.2, -0.15) is 0 Å². The number of nitrogens with one attached hydrogen (secondary N) is 3. The summed E-state index contributed by atoms with van der Waals surface area (Å²) in [5, 5.41) is 2.51. The van der Waals surface area contributed by atoms with Gasteiger partial charge in [0.25, 0.3) is 5.91 Å². The number of hydrazine groups is 1. The zero-order valence-corrected chi connectivity index (χ0v) is 18.9. The maximum atomic E-state index is 13.0. The molecule has 2 amide bonds. The number of rotatable bonds is 8. The number of methoxy groups -OCH3 is 1. The summed E-state index contributed by atoms with van der Waals surface area (Å²) in [6, 6.07) is 25.6. The third-order valence-electron chi connectivity index (χ3n) is 4.73. The van der Waals surface area contributed by atoms with Gasteiger partial charge in [-0.3, -0.25) is 25.8 Å². The molecule has 0 aromatic heterocycles. The SMILES string of the molecule is COCCOc1ccccc1C(=O)NC(=S)NNC(=O)C(c1ccccc1)c1ccccc1. The highest BCUT2D eigenvalue weighted by atomic mass is 32.1. The molecule has 0 atom stereocenters. The predicted octanol–water partition coefficient (Wildman–Crippen LogP) is 3.18. The summed E-state index contributed by atoms with van der Waals surface area (Å²) in [6.45, 7) is 0.700. The third-order valence-corrected chi connectivity index (χ3v) is 4.94. The molecule has 3 rings (SSSR count). The van der Waals surface area contributed by atoms with Gasteiger partial charge in [0.05, 0.1) is 18.1 Å². The van der Waals surface area contributed by atoms with Crippen LogP contribution < -0.4 is 20.9 Å². The molecule has 0 fully saturated rings. The second-order valence-electron chi connectivity index (χ2n) is 6.99. The van der Waals surface area contributed by atoms with E-state index >= 15 is 0 Å². The van der Waals surface area contributed by atoms with E-state index in [9.17, 15) is 9.59 Å². The Morgan fingerprint density at radius 2 is 1.39 bits per heavy atom. The molecule has 8 heteroatoms. The zero-order chi connectivity index (χ0) is 23.5. The van der Waals surface area contributed by atoms with Gasteiger partial charge in [0, 0.05) is 7.11 Å². The molecule has 0 unspecified atom stereocenters. The van der Waals surface area contributed by atoms with Crippen molar-refractivity contribution in [2.45, 2.75) is 5.92 Å². The first kappa shape index (κ1) is 23.9. The summed E-state index contributed by atoms with van der Waals surface area (Å²) in [7, 11) is 1.57. The number of carbonyl (C=O) groups is 2. The lowest BCUT2D eigenvalue weighted by Crippen LogP contribution is -2.49. The van der Waals surface area contributed by atoms with E-state index in [0.29, 0.717) is 24.5 Å². The fourth-order valence-corrected chi connectivity index (χ4v) is 3.34. The molecule has 0 aliphatic carbocycles. The molecule has 3 N–H and O–H groups in total. The average molecular weight is 464 g/mol. The number of thiocarbonyl (C=S) groups is 1. The third kappa shape index (κ3) is 6.86. The highest BCUT2D eigenvalue weighted by molar-refractivity contribution is 7.80. The van der Waals surface area contributed by atoms with Gasteiger partial charge in [0.15, 0.2) is 5.11 Å². The molecule has 0 saturated heterocycles. The van der Waals surface area contributed by atoms with Gasteiger partial charge in [0.1, 0.15) is 12.4 Å². The number of benzene rings is 3. The van der Waals surface area contributed by atoms with Crippen molar-refractivity contribution >= 4 is 29.1 Å². The Bertz CT molecular complexity index is 1040. The molecule has 0 heterocycles. The summed E-state index contributed by atoms with van der Waals surface area (Å²) in [6.07, 6.45) is 0. The summed E-state index contributed by atoms with van der Waals surface area (Å²) < 4.78 is 10.6. The molecule has 0 saturated carbocycles. The van der Waals surface area contributed by atoms with Gasteiger partial charge in [-0.1, -0.05) is 72.8 Å². The first-order valence-corrected chi connectivity index (χ1v) is 10.7. The Kier molecular flexibility index (Phi) is 8.93. The van der Waals surface area contributed by atoms with Gasteiger partial charge in [-0.05, 0) is 35.5 Å². The highest BCUT2D eigenvalue weighted by Gasteiger charge is 2.23. The maximum Gasteiger partial charge on any atom is 0.261 e. The standard InChI is InChI=1S/C25H25N3O4S/c1-31-16-17-32-21-15-9-8-14-20(21)23(29)26-25(33)28-27-24(30)22(18-10-4-2-5-11-18)19-12-6-3-7-13-19/h2-15,22H,16-17H2,1H3,(H,27,30)(H2,26,28,29,33). The summed E-state index contributed by atoms with van der Waals surface area (Å²) in [4.78, 5) is 25.7. The topological polar surface area (TPSA) is 88.7 Å². The van der Waals surface area contributed by atoms with Crippen molar-refractivity contribution in [2.24, 2.45) is 0 Å². The molecule has 7 nitrogen and oxygen atoms in total. The predicted molar refractivity (Wildman–Crippen MR) is 130 cm³/mol. The Morgan fingerprint density at radius 1 is 0.818 bits per heavy atom. The molecule has 0 aliphatic rings. The Hall–Kier alpha value is -3.75. The summed E-state index contributed by atoms with van der Waals surface area (Å²) in [5.74, 6) is -0.912. The second kappa shape index (κ2) is 12.3. The Balaban J connectivity index is 1.63. The van der Waals surface area contributed by atoms with Crippen LogP contribution in [0.4, 0.5) is 0 Å². The van der Waals surface area contributed by atoms with E-state index in [0.717, 1.165) is 11.1 Å². The fourth-order valence-electron chi connectivity index (χ4n) is 3.19. The van der Waals surface area contributed by atoms with Crippen LogP contribution in [0.1, 0.15) is 27.4 Å². The molecular weight excluding hydrogens is 438 g/mol. The van der Waals surface area contributed by atoms with E-state index < -0.39 is 11.8 Å². The van der Waals surface area contributed by atoms with Crippen molar-refractivity contribution in [1.29, 1.82) is 0 Å². The van der Waals surface area contributed by atoms with Crippen molar-refractivity contribution in [3.8, 4) is 5.75 Å². The molecule has 33 heavy (non-hydrogen) atoms. The lowest BCUT2D eigenvalue weighted by molar-refractivity contribution is -0.122. The number of hydrogen-bond acceptors (Lipinski definition) is 5. The van der Waals surface area contributed by atoms with Crippen LogP contribution in [0.25, 0.3) is 0 Å². The minimum absolute atomic E-state index is 0.0417. The van der Waals surface area contributed by atoms with Crippen LogP contribution in [0.5, 0.6) is 5.75 Å². The Labute approximate surface area is 198 Å². The van der Waals surface area contributed by atoms with Crippen LogP contribution in [0, 0.1) is 0 Å². The normalized spacial score (nSPS) is 10.4. The van der Waals surface area contributed by atoms with E-state index in [1.807, 2.05) is 60.7 Å². The van der Waals surface area contributed by atoms with Crippen LogP contribution in [0.3, 0.4) is 0 Å². The number of hydrogen-bond donors (Lipinski definition) is 3. The molecule has 170 valence electrons. The lowest BCUT2D eigenvalue weighted by Gasteiger charge is -2.19. The van der Waals surface area contributed by atoms with Gasteiger partial charge < -0.3 is 9.47 Å². The minimum atomic E-state index is -0.548. The van der Waals surface area contributed by atoms with Crippen molar-refractivity contribution in [3.05, 3.63) is 102 Å². The molecule has 3 aromatic carbocycles. The van der Waals surface area contributed by atoms with Crippen LogP contribution >= 0.6 is 12.2 Å². The van der Waals surface area contributed by atoms with Crippen molar-refractivity contribution in [1.82, 2.24) is 16.2 Å². The fraction of sp³-hybridized carbons (Fsp3) is 0.160. The lowest BCUT2D eigenvalue weighted by atomic mass is 9.91. The highest BCUT2D eigenvalue weighted by Crippen LogP contribution is 2.24. The second-order valence-corrected chi connectivity index (χ2v) is 7.40. The molecule has 3 aromatic rings. The van der Waals surface area contributed by atoms with Gasteiger partial charge in [-0.25, -0.2) is 0 Å². The van der Waals surface area contributed by atoms with Gasteiger partial charge >= 0.3 is 0 Å². The van der Waals surface area contributed by atoms with Gasteiger partial charge in [0.2, 0.25) is 5.91 Å². The van der Waals surface area contributed by atoms with E-state index in [-0.39, 0.29) is 11.0 Å². The van der Waals surface area contributed by atoms with E-state index in [1.165, 1.54) is 0 Å². The monoisotopic (exact) mass is 463 g/mol. The zero-order valence-electron chi connectivity index (χ0n) is 18.1. The smallest absolute Gasteiger partial charge is 0.261 e. The largest absolute Gasteiger partial charge is 0.490 e. The molecule has 0 radical (unpaired) electrons. The number of carbonyl (C=O) groups excluding carboxylic acids is 2. The number of amides is 2. The van der Waals surface area contributed by atoms with Crippen LogP contribution in [0.15, 0.2) is 84.9 Å². The van der Waals surface area contributed by atoms with Crippen LogP contribution in [0.2, 0.25) is 0 Å². The quantitative estimate of drug-likeness (QED) is 0.270. The maximum absolute atomic E-state index is 13.0. The summed E-state index contributed by atoms with van der Waals surface area (Å²) in [5.41, 5.74) is 7.20. The first-order valence-electron chi connectivity index (χ1n) is 10.3. The molecule has 0 aliphatic heterocycles. The van der Waals surface area contributed by atoms with Crippen LogP contribution in [-0.4, -0.2) is 37.3 Å². The van der Waals surface area contributed by atoms with Crippen LogP contribution in [-0.2, 0) is 9.53 Å². The number of para-hydroxylation sites is 1. The summed E-state index contributed by atoms with van der Waals surface area (Å²) >= 11 is 5.20. The number of ether oxygens (including phenoxy) is 2. The van der Waals surface area contributed by atoms with E-state index in [4.69, 9.17) is 21.7 Å². The van der Waals surface area contributed by atoms with Gasteiger partial charge in [-0.15, -0.1) is 0 Å². The molecule has 0 spiro atoms. The van der Waals surface area contributed by atoms with E-state index in [1.54, 1.807) is 31.4 Å². The van der Waals surface area contributed by atoms with Crippen molar-refractivity contribution < 1.29 is 19.1 Å². The first-order chi connectivity index (χ1) is 16.1. The average Bonchev–Trinajstić information content (AvgIpc) is 2.85. The van der Waals surface area contributed by atoms with Crippen molar-refractivity contribution in [2.75, 3.05) is 20.3 Å². The molecular formula is C25H25N3O4S. The molecule has 0 bridgehead atoms. The Morgan fingerprint density at radius 3 is 2.00 bits per heavy atom.